The maximum Gasteiger partial charge on any atom is 0.472 e. The minimum Gasteiger partial charge on any atom is -0.462 e. The Morgan fingerprint density at radius 1 is 0.259 bits per heavy atom. The maximum absolute atomic E-state index is 13.2. The third kappa shape index (κ3) is 79.3. The molecule has 4 unspecified atom stereocenters. The van der Waals surface area contributed by atoms with E-state index in [2.05, 4.69) is 55.4 Å². The van der Waals surface area contributed by atoms with Gasteiger partial charge in [0, 0.05) is 25.7 Å². The molecule has 0 rings (SSSR count). The number of hydrogen-bond acceptors (Lipinski definition) is 15. The number of ether oxygens (including phenoxy) is 4. The van der Waals surface area contributed by atoms with Crippen LogP contribution in [0.5, 0.6) is 0 Å². The predicted octanol–water partition coefficient (Wildman–Crippen LogP) is 27.1. The van der Waals surface area contributed by atoms with E-state index in [1.54, 1.807) is 0 Å². The van der Waals surface area contributed by atoms with Crippen molar-refractivity contribution >= 4 is 39.5 Å². The summed E-state index contributed by atoms with van der Waals surface area (Å²) in [5.74, 6) is 1.11. The van der Waals surface area contributed by atoms with Gasteiger partial charge in [-0.3, -0.25) is 37.3 Å². The van der Waals surface area contributed by atoms with Gasteiger partial charge in [0.1, 0.15) is 19.3 Å². The molecule has 0 radical (unpaired) electrons. The number of phosphoric ester groups is 2. The summed E-state index contributed by atoms with van der Waals surface area (Å²) in [6.07, 6.45) is 68.1. The van der Waals surface area contributed by atoms with Crippen LogP contribution >= 0.6 is 15.6 Å². The molecule has 0 aromatic carbocycles. The van der Waals surface area contributed by atoms with E-state index in [0.29, 0.717) is 25.7 Å². The van der Waals surface area contributed by atoms with Crippen LogP contribution in [-0.4, -0.2) is 96.7 Å². The largest absolute Gasteiger partial charge is 0.472 e. The molecule has 19 heteroatoms. The summed E-state index contributed by atoms with van der Waals surface area (Å²) in [6.45, 7) is 14.4. The summed E-state index contributed by atoms with van der Waals surface area (Å²) in [7, 11) is -9.93. The first-order valence-corrected chi connectivity index (χ1v) is 48.8. The van der Waals surface area contributed by atoms with Gasteiger partial charge in [-0.15, -0.1) is 0 Å². The summed E-state index contributed by atoms with van der Waals surface area (Å²) < 4.78 is 69.0. The molecule has 0 bridgehead atoms. The monoisotopic (exact) mass is 1580 g/mol. The number of phosphoric acid groups is 2. The molecule has 3 N–H and O–H groups in total. The number of rotatable bonds is 86. The molecular formula is C89H174O17P2. The van der Waals surface area contributed by atoms with Gasteiger partial charge in [-0.25, -0.2) is 9.13 Å². The van der Waals surface area contributed by atoms with Crippen molar-refractivity contribution in [3.05, 3.63) is 0 Å². The molecule has 0 aromatic heterocycles. The van der Waals surface area contributed by atoms with Crippen LogP contribution in [-0.2, 0) is 65.4 Å². The minimum absolute atomic E-state index is 0.107. The molecule has 0 saturated carbocycles. The third-order valence-corrected chi connectivity index (χ3v) is 23.4. The second-order valence-electron chi connectivity index (χ2n) is 33.4. The van der Waals surface area contributed by atoms with Crippen LogP contribution in [0.1, 0.15) is 466 Å². The zero-order valence-corrected chi connectivity index (χ0v) is 73.3. The van der Waals surface area contributed by atoms with Crippen molar-refractivity contribution in [3.8, 4) is 0 Å². The van der Waals surface area contributed by atoms with Crippen molar-refractivity contribution in [2.75, 3.05) is 39.6 Å². The van der Waals surface area contributed by atoms with Crippen LogP contribution < -0.4 is 0 Å². The zero-order chi connectivity index (χ0) is 79.5. The highest BCUT2D eigenvalue weighted by Crippen LogP contribution is 2.45. The molecule has 0 aliphatic carbocycles. The Labute approximate surface area is 664 Å². The second-order valence-corrected chi connectivity index (χ2v) is 36.3. The number of hydrogen-bond donors (Lipinski definition) is 3. The highest BCUT2D eigenvalue weighted by molar-refractivity contribution is 7.47. The van der Waals surface area contributed by atoms with E-state index in [-0.39, 0.29) is 25.7 Å². The van der Waals surface area contributed by atoms with Crippen LogP contribution in [0.25, 0.3) is 0 Å². The molecule has 17 nitrogen and oxygen atoms in total. The van der Waals surface area contributed by atoms with Gasteiger partial charge in [-0.1, -0.05) is 415 Å². The average Bonchev–Trinajstić information content (AvgIpc) is 0.899. The van der Waals surface area contributed by atoms with Gasteiger partial charge in [-0.05, 0) is 49.4 Å². The van der Waals surface area contributed by atoms with Crippen molar-refractivity contribution in [1.82, 2.24) is 0 Å². The lowest BCUT2D eigenvalue weighted by atomic mass is 9.99. The zero-order valence-electron chi connectivity index (χ0n) is 71.5. The Balaban J connectivity index is 5.22. The number of unbranched alkanes of at least 4 members (excludes halogenated alkanes) is 50. The first kappa shape index (κ1) is 106. The third-order valence-electron chi connectivity index (χ3n) is 21.5. The van der Waals surface area contributed by atoms with Crippen molar-refractivity contribution in [1.29, 1.82) is 0 Å². The van der Waals surface area contributed by atoms with Crippen molar-refractivity contribution in [2.45, 2.75) is 485 Å². The molecule has 0 heterocycles. The fourth-order valence-corrected chi connectivity index (χ4v) is 15.4. The van der Waals surface area contributed by atoms with Gasteiger partial charge < -0.3 is 33.8 Å². The summed E-state index contributed by atoms with van der Waals surface area (Å²) in [5, 5.41) is 10.7. The summed E-state index contributed by atoms with van der Waals surface area (Å²) in [6, 6.07) is 0. The van der Waals surface area contributed by atoms with Crippen LogP contribution in [0.2, 0.25) is 0 Å². The molecule has 0 aromatic rings. The van der Waals surface area contributed by atoms with Gasteiger partial charge in [0.25, 0.3) is 0 Å². The fourth-order valence-electron chi connectivity index (χ4n) is 13.8. The topological polar surface area (TPSA) is 237 Å². The second kappa shape index (κ2) is 77.6. The number of aliphatic hydroxyl groups excluding tert-OH is 1. The molecule has 0 amide bonds. The maximum atomic E-state index is 13.2. The SMILES string of the molecule is CCC(C)CCCCCCCCCCCCCCCCC(=O)OC[C@H](COP(=O)(O)OC[C@@H](O)COP(=O)(O)OC[C@@H](COC(=O)CCCCCCCCC(C)CC)OC(=O)CCCCCCCCCCCCCCCCCCCCC(C)C)OC(=O)CCCCCCCCCCCCCCCCCCC(C)C. The number of aliphatic hydroxyl groups is 1. The predicted molar refractivity (Wildman–Crippen MR) is 446 cm³/mol. The quantitative estimate of drug-likeness (QED) is 0.0222. The highest BCUT2D eigenvalue weighted by Gasteiger charge is 2.31. The lowest BCUT2D eigenvalue weighted by Gasteiger charge is -2.21. The van der Waals surface area contributed by atoms with Crippen molar-refractivity contribution < 1.29 is 80.2 Å². The Bertz CT molecular complexity index is 2100. The Kier molecular flexibility index (Phi) is 76.2. The van der Waals surface area contributed by atoms with E-state index in [1.165, 1.54) is 263 Å². The first-order chi connectivity index (χ1) is 52.2. The Morgan fingerprint density at radius 3 is 0.657 bits per heavy atom. The van der Waals surface area contributed by atoms with Gasteiger partial charge >= 0.3 is 39.5 Å². The van der Waals surface area contributed by atoms with E-state index in [4.69, 9.17) is 37.0 Å². The Hall–Kier alpha value is -1.94. The molecule has 642 valence electrons. The normalized spacial score (nSPS) is 14.4. The first-order valence-electron chi connectivity index (χ1n) is 45.8. The highest BCUT2D eigenvalue weighted by atomic mass is 31.2. The van der Waals surface area contributed by atoms with E-state index in [0.717, 1.165) is 120 Å². The van der Waals surface area contributed by atoms with Gasteiger partial charge in [0.15, 0.2) is 12.2 Å². The van der Waals surface area contributed by atoms with Crippen molar-refractivity contribution in [2.24, 2.45) is 23.7 Å². The summed E-state index contributed by atoms with van der Waals surface area (Å²) in [4.78, 5) is 73.3. The van der Waals surface area contributed by atoms with Crippen LogP contribution in [0.4, 0.5) is 0 Å². The van der Waals surface area contributed by atoms with E-state index in [9.17, 15) is 43.2 Å². The van der Waals surface area contributed by atoms with E-state index in [1.807, 2.05) is 0 Å². The molecule has 108 heavy (non-hydrogen) atoms. The minimum atomic E-state index is -4.97. The van der Waals surface area contributed by atoms with Gasteiger partial charge in [0.05, 0.1) is 26.4 Å². The molecule has 0 saturated heterocycles. The Morgan fingerprint density at radius 2 is 0.444 bits per heavy atom. The summed E-state index contributed by atoms with van der Waals surface area (Å²) >= 11 is 0. The van der Waals surface area contributed by atoms with Crippen molar-refractivity contribution in [3.63, 3.8) is 0 Å². The molecule has 0 aliphatic rings. The number of esters is 4. The molecule has 0 aliphatic heterocycles. The number of carbonyl (C=O) groups excluding carboxylic acids is 4. The van der Waals surface area contributed by atoms with Crippen LogP contribution in [0, 0.1) is 23.7 Å². The van der Waals surface area contributed by atoms with E-state index >= 15 is 0 Å². The molecule has 0 fully saturated rings. The standard InChI is InChI=1S/C89H174O17P2/c1-9-81(7)67-59-51-43-37-31-25-21-22-26-32-38-44-53-61-69-86(91)99-75-84(105-88(93)71-63-56-46-40-34-28-20-16-15-18-24-30-36-42-50-58-66-80(5)6)77-103-107(95,96)101-73-83(90)74-102-108(97,98)104-78-85(76-100-87(92)70-62-54-48-47-52-60-68-82(8)10-2)106-89(94)72-64-55-45-39-33-27-19-14-12-11-13-17-23-29-35-41-49-57-65-79(3)4/h79-85,90H,9-78H2,1-8H3,(H,95,96)(H,97,98)/t81?,82?,83-,84-,85-/m1/s1. The van der Waals surface area contributed by atoms with Crippen LogP contribution in [0.15, 0.2) is 0 Å². The van der Waals surface area contributed by atoms with Gasteiger partial charge in [0.2, 0.25) is 0 Å². The molecular weight excluding hydrogens is 1400 g/mol. The molecule has 0 spiro atoms. The lowest BCUT2D eigenvalue weighted by Crippen LogP contribution is -2.30. The van der Waals surface area contributed by atoms with Crippen LogP contribution in [0.3, 0.4) is 0 Å². The smallest absolute Gasteiger partial charge is 0.462 e. The lowest BCUT2D eigenvalue weighted by molar-refractivity contribution is -0.161. The van der Waals surface area contributed by atoms with E-state index < -0.39 is 97.5 Å². The average molecular weight is 1580 g/mol. The number of carbonyl (C=O) groups is 4. The van der Waals surface area contributed by atoms with Gasteiger partial charge in [-0.2, -0.15) is 0 Å². The molecule has 7 atom stereocenters. The summed E-state index contributed by atoms with van der Waals surface area (Å²) in [5.41, 5.74) is 0. The fraction of sp³-hybridized carbons (Fsp3) is 0.955.